The highest BCUT2D eigenvalue weighted by molar-refractivity contribution is 4.74. The van der Waals surface area contributed by atoms with Gasteiger partial charge < -0.3 is 10.2 Å². The fraction of sp³-hybridized carbons (Fsp3) is 1.00. The molecule has 0 radical (unpaired) electrons. The number of aliphatic hydroxyl groups excluding tert-OH is 1. The SMILES string of the molecule is CC(C)N(CCCO)CC(C)(C)O. The van der Waals surface area contributed by atoms with Gasteiger partial charge in [0.05, 0.1) is 5.60 Å². The quantitative estimate of drug-likeness (QED) is 0.651. The number of rotatable bonds is 6. The van der Waals surface area contributed by atoms with Crippen molar-refractivity contribution in [1.29, 1.82) is 0 Å². The summed E-state index contributed by atoms with van der Waals surface area (Å²) in [5, 5.41) is 18.3. The van der Waals surface area contributed by atoms with Gasteiger partial charge in [-0.1, -0.05) is 0 Å². The Morgan fingerprint density at radius 3 is 2.15 bits per heavy atom. The molecule has 0 rings (SSSR count). The monoisotopic (exact) mass is 189 g/mol. The molecule has 0 unspecified atom stereocenters. The Balaban J connectivity index is 3.95. The van der Waals surface area contributed by atoms with Crippen LogP contribution < -0.4 is 0 Å². The first-order chi connectivity index (χ1) is 5.87. The molecule has 0 aromatic carbocycles. The summed E-state index contributed by atoms with van der Waals surface area (Å²) in [5.41, 5.74) is -0.653. The summed E-state index contributed by atoms with van der Waals surface area (Å²) in [7, 11) is 0. The van der Waals surface area contributed by atoms with Crippen molar-refractivity contribution >= 4 is 0 Å². The van der Waals surface area contributed by atoms with Crippen LogP contribution in [-0.4, -0.2) is 46.5 Å². The molecule has 0 aromatic rings. The van der Waals surface area contributed by atoms with E-state index in [9.17, 15) is 5.11 Å². The van der Waals surface area contributed by atoms with Gasteiger partial charge in [-0.2, -0.15) is 0 Å². The van der Waals surface area contributed by atoms with E-state index in [0.717, 1.165) is 13.0 Å². The average molecular weight is 189 g/mol. The zero-order valence-corrected chi connectivity index (χ0v) is 9.25. The highest BCUT2D eigenvalue weighted by atomic mass is 16.3. The molecule has 0 atom stereocenters. The number of nitrogens with zero attached hydrogens (tertiary/aromatic N) is 1. The molecule has 0 heterocycles. The second-order valence-corrected chi connectivity index (χ2v) is 4.45. The normalized spacial score (nSPS) is 12.9. The van der Waals surface area contributed by atoms with Gasteiger partial charge in [0.15, 0.2) is 0 Å². The van der Waals surface area contributed by atoms with Crippen LogP contribution in [0.2, 0.25) is 0 Å². The maximum Gasteiger partial charge on any atom is 0.0718 e. The third-order valence-electron chi connectivity index (χ3n) is 1.92. The van der Waals surface area contributed by atoms with E-state index in [1.54, 1.807) is 13.8 Å². The Morgan fingerprint density at radius 2 is 1.85 bits per heavy atom. The Kier molecular flexibility index (Phi) is 5.53. The van der Waals surface area contributed by atoms with Crippen molar-refractivity contribution < 1.29 is 10.2 Å². The van der Waals surface area contributed by atoms with Gasteiger partial charge in [0, 0.05) is 25.7 Å². The smallest absolute Gasteiger partial charge is 0.0718 e. The van der Waals surface area contributed by atoms with Crippen LogP contribution >= 0.6 is 0 Å². The van der Waals surface area contributed by atoms with Crippen molar-refractivity contribution in [1.82, 2.24) is 4.90 Å². The summed E-state index contributed by atoms with van der Waals surface area (Å²) in [5.74, 6) is 0. The van der Waals surface area contributed by atoms with Crippen molar-refractivity contribution in [3.05, 3.63) is 0 Å². The number of hydrogen-bond donors (Lipinski definition) is 2. The summed E-state index contributed by atoms with van der Waals surface area (Å²) in [6, 6.07) is 0.415. The van der Waals surface area contributed by atoms with E-state index in [1.807, 2.05) is 0 Å². The third-order valence-corrected chi connectivity index (χ3v) is 1.92. The maximum absolute atomic E-state index is 9.63. The van der Waals surface area contributed by atoms with E-state index in [2.05, 4.69) is 18.7 Å². The van der Waals surface area contributed by atoms with Gasteiger partial charge in [-0.25, -0.2) is 0 Å². The molecular weight excluding hydrogens is 166 g/mol. The second-order valence-electron chi connectivity index (χ2n) is 4.45. The second kappa shape index (κ2) is 5.58. The molecule has 0 saturated heterocycles. The van der Waals surface area contributed by atoms with Crippen LogP contribution in [0.15, 0.2) is 0 Å². The molecule has 13 heavy (non-hydrogen) atoms. The van der Waals surface area contributed by atoms with Crippen molar-refractivity contribution in [2.45, 2.75) is 45.8 Å². The molecule has 0 saturated carbocycles. The van der Waals surface area contributed by atoms with E-state index in [-0.39, 0.29) is 6.61 Å². The summed E-state index contributed by atoms with van der Waals surface area (Å²) in [6.07, 6.45) is 0.772. The minimum absolute atomic E-state index is 0.217. The molecule has 0 spiro atoms. The van der Waals surface area contributed by atoms with Gasteiger partial charge in [0.25, 0.3) is 0 Å². The van der Waals surface area contributed by atoms with Crippen LogP contribution in [0.3, 0.4) is 0 Å². The molecule has 0 bridgehead atoms. The summed E-state index contributed by atoms with van der Waals surface area (Å²) >= 11 is 0. The first kappa shape index (κ1) is 12.9. The van der Waals surface area contributed by atoms with Crippen molar-refractivity contribution in [2.75, 3.05) is 19.7 Å². The molecule has 3 heteroatoms. The minimum Gasteiger partial charge on any atom is -0.396 e. The zero-order chi connectivity index (χ0) is 10.5. The van der Waals surface area contributed by atoms with Gasteiger partial charge >= 0.3 is 0 Å². The Bertz CT molecular complexity index is 129. The lowest BCUT2D eigenvalue weighted by Gasteiger charge is -2.31. The first-order valence-corrected chi connectivity index (χ1v) is 4.94. The molecule has 0 aliphatic heterocycles. The Hall–Kier alpha value is -0.120. The Labute approximate surface area is 81.4 Å². The molecule has 0 fully saturated rings. The molecule has 2 N–H and O–H groups in total. The zero-order valence-electron chi connectivity index (χ0n) is 9.25. The van der Waals surface area contributed by atoms with E-state index in [4.69, 9.17) is 5.11 Å². The van der Waals surface area contributed by atoms with Gasteiger partial charge in [0.2, 0.25) is 0 Å². The van der Waals surface area contributed by atoms with E-state index in [1.165, 1.54) is 0 Å². The number of hydrogen-bond acceptors (Lipinski definition) is 3. The number of aliphatic hydroxyl groups is 2. The third kappa shape index (κ3) is 6.99. The topological polar surface area (TPSA) is 43.7 Å². The summed E-state index contributed by atoms with van der Waals surface area (Å²) in [4.78, 5) is 2.18. The highest BCUT2D eigenvalue weighted by Gasteiger charge is 2.19. The van der Waals surface area contributed by atoms with Gasteiger partial charge in [-0.05, 0) is 34.1 Å². The van der Waals surface area contributed by atoms with Gasteiger partial charge in [-0.3, -0.25) is 4.90 Å². The first-order valence-electron chi connectivity index (χ1n) is 4.94. The van der Waals surface area contributed by atoms with Crippen LogP contribution in [0.1, 0.15) is 34.1 Å². The van der Waals surface area contributed by atoms with Gasteiger partial charge in [0.1, 0.15) is 0 Å². The fourth-order valence-electron chi connectivity index (χ4n) is 1.29. The predicted molar refractivity (Wildman–Crippen MR) is 54.7 cm³/mol. The fourth-order valence-corrected chi connectivity index (χ4v) is 1.29. The lowest BCUT2D eigenvalue weighted by molar-refractivity contribution is 0.0236. The van der Waals surface area contributed by atoms with Crippen LogP contribution in [0, 0.1) is 0 Å². The minimum atomic E-state index is -0.653. The Morgan fingerprint density at radius 1 is 1.31 bits per heavy atom. The van der Waals surface area contributed by atoms with Crippen molar-refractivity contribution in [2.24, 2.45) is 0 Å². The van der Waals surface area contributed by atoms with Gasteiger partial charge in [-0.15, -0.1) is 0 Å². The largest absolute Gasteiger partial charge is 0.396 e. The van der Waals surface area contributed by atoms with Crippen molar-refractivity contribution in [3.63, 3.8) is 0 Å². The molecule has 80 valence electrons. The van der Waals surface area contributed by atoms with Crippen LogP contribution in [0.4, 0.5) is 0 Å². The lowest BCUT2D eigenvalue weighted by atomic mass is 10.1. The molecule has 0 aliphatic carbocycles. The predicted octanol–water partition coefficient (Wildman–Crippen LogP) is 0.850. The van der Waals surface area contributed by atoms with E-state index >= 15 is 0 Å². The van der Waals surface area contributed by atoms with Crippen LogP contribution in [0.25, 0.3) is 0 Å². The highest BCUT2D eigenvalue weighted by Crippen LogP contribution is 2.08. The molecule has 0 amide bonds. The standard InChI is InChI=1S/C10H23NO2/c1-9(2)11(6-5-7-12)8-10(3,4)13/h9,12-13H,5-8H2,1-4H3. The summed E-state index contributed by atoms with van der Waals surface area (Å²) < 4.78 is 0. The van der Waals surface area contributed by atoms with Crippen LogP contribution in [0.5, 0.6) is 0 Å². The van der Waals surface area contributed by atoms with Crippen LogP contribution in [-0.2, 0) is 0 Å². The van der Waals surface area contributed by atoms with E-state index in [0.29, 0.717) is 12.6 Å². The average Bonchev–Trinajstić information content (AvgIpc) is 1.95. The lowest BCUT2D eigenvalue weighted by Crippen LogP contribution is -2.43. The van der Waals surface area contributed by atoms with Crippen molar-refractivity contribution in [3.8, 4) is 0 Å². The molecule has 0 aromatic heterocycles. The molecule has 3 nitrogen and oxygen atoms in total. The summed E-state index contributed by atoms with van der Waals surface area (Å²) in [6.45, 7) is 9.53. The van der Waals surface area contributed by atoms with E-state index < -0.39 is 5.60 Å². The molecule has 0 aliphatic rings. The molecular formula is C10H23NO2. The maximum atomic E-state index is 9.63.